The smallest absolute Gasteiger partial charge is 0.120 e. The van der Waals surface area contributed by atoms with Crippen molar-refractivity contribution in [3.63, 3.8) is 0 Å². The first-order chi connectivity index (χ1) is 8.26. The summed E-state index contributed by atoms with van der Waals surface area (Å²) >= 11 is 9.18. The van der Waals surface area contributed by atoms with E-state index in [1.165, 1.54) is 0 Å². The maximum Gasteiger partial charge on any atom is 0.120 e. The van der Waals surface area contributed by atoms with Gasteiger partial charge in [-0.05, 0) is 31.2 Å². The molecule has 0 saturated carbocycles. The van der Waals surface area contributed by atoms with E-state index < -0.39 is 0 Å². The Labute approximate surface area is 117 Å². The Hall–Kier alpha value is -0.250. The molecule has 0 aliphatic carbocycles. The fourth-order valence-electron chi connectivity index (χ4n) is 1.62. The van der Waals surface area contributed by atoms with Crippen LogP contribution in [0.2, 0.25) is 0 Å². The standard InChI is InChI=1S/C13H19BrClNO/c1-2-7-16(8-6-15)9-10-17-13-5-3-4-12(14)11-13/h3-5,11H,2,6-10H2,1H3. The molecule has 0 N–H and O–H groups in total. The van der Waals surface area contributed by atoms with Gasteiger partial charge >= 0.3 is 0 Å². The van der Waals surface area contributed by atoms with Crippen LogP contribution in [0.25, 0.3) is 0 Å². The van der Waals surface area contributed by atoms with Gasteiger partial charge in [0.15, 0.2) is 0 Å². The van der Waals surface area contributed by atoms with E-state index in [9.17, 15) is 0 Å². The fourth-order valence-corrected chi connectivity index (χ4v) is 2.24. The molecule has 0 heterocycles. The van der Waals surface area contributed by atoms with Crippen molar-refractivity contribution in [3.8, 4) is 5.75 Å². The number of benzene rings is 1. The molecule has 0 unspecified atom stereocenters. The summed E-state index contributed by atoms with van der Waals surface area (Å²) in [5, 5.41) is 0. The third-order valence-electron chi connectivity index (χ3n) is 2.41. The zero-order valence-electron chi connectivity index (χ0n) is 10.2. The third kappa shape index (κ3) is 6.29. The molecule has 1 aromatic carbocycles. The monoisotopic (exact) mass is 319 g/mol. The molecule has 2 nitrogen and oxygen atoms in total. The molecule has 0 aliphatic heterocycles. The van der Waals surface area contributed by atoms with Crippen LogP contribution in [-0.2, 0) is 0 Å². The Kier molecular flexibility index (Phi) is 7.65. The van der Waals surface area contributed by atoms with Gasteiger partial charge in [-0.15, -0.1) is 11.6 Å². The van der Waals surface area contributed by atoms with Crippen LogP contribution in [0, 0.1) is 0 Å². The average Bonchev–Trinajstić information content (AvgIpc) is 2.30. The van der Waals surface area contributed by atoms with Gasteiger partial charge in [-0.1, -0.05) is 28.9 Å². The van der Waals surface area contributed by atoms with Gasteiger partial charge in [0.05, 0.1) is 0 Å². The first-order valence-corrected chi connectivity index (χ1v) is 7.25. The van der Waals surface area contributed by atoms with Crippen molar-refractivity contribution < 1.29 is 4.74 Å². The van der Waals surface area contributed by atoms with E-state index in [1.807, 2.05) is 24.3 Å². The zero-order chi connectivity index (χ0) is 12.5. The number of hydrogen-bond acceptors (Lipinski definition) is 2. The van der Waals surface area contributed by atoms with Gasteiger partial charge in [0, 0.05) is 23.4 Å². The Balaban J connectivity index is 2.30. The maximum atomic E-state index is 5.76. The fraction of sp³-hybridized carbons (Fsp3) is 0.538. The average molecular weight is 321 g/mol. The normalized spacial score (nSPS) is 10.8. The highest BCUT2D eigenvalue weighted by molar-refractivity contribution is 9.10. The highest BCUT2D eigenvalue weighted by Gasteiger charge is 2.03. The van der Waals surface area contributed by atoms with Crippen LogP contribution in [-0.4, -0.2) is 37.0 Å². The van der Waals surface area contributed by atoms with Gasteiger partial charge in [-0.25, -0.2) is 0 Å². The van der Waals surface area contributed by atoms with Crippen LogP contribution in [0.5, 0.6) is 5.75 Å². The minimum Gasteiger partial charge on any atom is -0.492 e. The van der Waals surface area contributed by atoms with E-state index in [0.29, 0.717) is 12.5 Å². The van der Waals surface area contributed by atoms with Crippen LogP contribution in [0.1, 0.15) is 13.3 Å². The summed E-state index contributed by atoms with van der Waals surface area (Å²) in [6.07, 6.45) is 1.15. The number of ether oxygens (including phenoxy) is 1. The molecule has 0 fully saturated rings. The van der Waals surface area contributed by atoms with Gasteiger partial charge in [-0.3, -0.25) is 4.90 Å². The molecule has 1 aromatic rings. The molecule has 17 heavy (non-hydrogen) atoms. The summed E-state index contributed by atoms with van der Waals surface area (Å²) in [5.41, 5.74) is 0. The van der Waals surface area contributed by atoms with Gasteiger partial charge in [-0.2, -0.15) is 0 Å². The Bertz CT molecular complexity index is 316. The molecular weight excluding hydrogens is 302 g/mol. The first kappa shape index (κ1) is 14.8. The highest BCUT2D eigenvalue weighted by Crippen LogP contribution is 2.17. The largest absolute Gasteiger partial charge is 0.492 e. The van der Waals surface area contributed by atoms with Crippen LogP contribution < -0.4 is 4.74 Å². The summed E-state index contributed by atoms with van der Waals surface area (Å²) < 4.78 is 6.74. The molecule has 0 atom stereocenters. The predicted octanol–water partition coefficient (Wildman–Crippen LogP) is 3.78. The molecule has 0 amide bonds. The zero-order valence-corrected chi connectivity index (χ0v) is 12.5. The van der Waals surface area contributed by atoms with Crippen molar-refractivity contribution in [2.24, 2.45) is 0 Å². The lowest BCUT2D eigenvalue weighted by atomic mass is 10.3. The summed E-state index contributed by atoms with van der Waals surface area (Å²) in [4.78, 5) is 2.32. The molecule has 0 saturated heterocycles. The minimum atomic E-state index is 0.677. The highest BCUT2D eigenvalue weighted by atomic mass is 79.9. The SMILES string of the molecule is CCCN(CCCl)CCOc1cccc(Br)c1. The Morgan fingerprint density at radius 1 is 1.29 bits per heavy atom. The van der Waals surface area contributed by atoms with Crippen molar-refractivity contribution >= 4 is 27.5 Å². The minimum absolute atomic E-state index is 0.677. The first-order valence-electron chi connectivity index (χ1n) is 5.93. The Morgan fingerprint density at radius 2 is 2.12 bits per heavy atom. The maximum absolute atomic E-state index is 5.76. The second kappa shape index (κ2) is 8.78. The summed E-state index contributed by atoms with van der Waals surface area (Å²) in [7, 11) is 0. The molecule has 0 bridgehead atoms. The number of rotatable bonds is 8. The van der Waals surface area contributed by atoms with Crippen molar-refractivity contribution in [2.45, 2.75) is 13.3 Å². The lowest BCUT2D eigenvalue weighted by Crippen LogP contribution is -2.31. The lowest BCUT2D eigenvalue weighted by Gasteiger charge is -2.20. The molecule has 0 aromatic heterocycles. The van der Waals surface area contributed by atoms with E-state index in [1.54, 1.807) is 0 Å². The summed E-state index contributed by atoms with van der Waals surface area (Å²) in [6, 6.07) is 7.91. The van der Waals surface area contributed by atoms with Crippen molar-refractivity contribution in [2.75, 3.05) is 32.1 Å². The molecule has 4 heteroatoms. The number of alkyl halides is 1. The van der Waals surface area contributed by atoms with Gasteiger partial charge in [0.25, 0.3) is 0 Å². The van der Waals surface area contributed by atoms with Crippen LogP contribution in [0.4, 0.5) is 0 Å². The predicted molar refractivity (Wildman–Crippen MR) is 77.1 cm³/mol. The molecule has 0 aliphatic rings. The van der Waals surface area contributed by atoms with Crippen molar-refractivity contribution in [1.29, 1.82) is 0 Å². The second-order valence-electron chi connectivity index (χ2n) is 3.84. The lowest BCUT2D eigenvalue weighted by molar-refractivity contribution is 0.217. The second-order valence-corrected chi connectivity index (χ2v) is 5.13. The summed E-state index contributed by atoms with van der Waals surface area (Å²) in [5.74, 6) is 1.58. The van der Waals surface area contributed by atoms with E-state index in [0.717, 1.165) is 36.3 Å². The third-order valence-corrected chi connectivity index (χ3v) is 3.08. The number of hydrogen-bond donors (Lipinski definition) is 0. The van der Waals surface area contributed by atoms with E-state index in [-0.39, 0.29) is 0 Å². The van der Waals surface area contributed by atoms with Crippen molar-refractivity contribution in [3.05, 3.63) is 28.7 Å². The van der Waals surface area contributed by atoms with Crippen LogP contribution in [0.3, 0.4) is 0 Å². The van der Waals surface area contributed by atoms with Gasteiger partial charge in [0.2, 0.25) is 0 Å². The molecule has 0 spiro atoms. The Morgan fingerprint density at radius 3 is 2.76 bits per heavy atom. The van der Waals surface area contributed by atoms with Gasteiger partial charge in [0.1, 0.15) is 12.4 Å². The van der Waals surface area contributed by atoms with E-state index >= 15 is 0 Å². The van der Waals surface area contributed by atoms with E-state index in [2.05, 4.69) is 27.8 Å². The summed E-state index contributed by atoms with van der Waals surface area (Å²) in [6.45, 7) is 5.81. The van der Waals surface area contributed by atoms with Gasteiger partial charge < -0.3 is 4.74 Å². The van der Waals surface area contributed by atoms with Crippen LogP contribution in [0.15, 0.2) is 28.7 Å². The number of halogens is 2. The van der Waals surface area contributed by atoms with Crippen LogP contribution >= 0.6 is 27.5 Å². The quantitative estimate of drug-likeness (QED) is 0.676. The van der Waals surface area contributed by atoms with Crippen molar-refractivity contribution in [1.82, 2.24) is 4.90 Å². The topological polar surface area (TPSA) is 12.5 Å². The van der Waals surface area contributed by atoms with E-state index in [4.69, 9.17) is 16.3 Å². The molecule has 96 valence electrons. The molecule has 1 rings (SSSR count). The molecule has 0 radical (unpaired) electrons. The number of nitrogens with zero attached hydrogens (tertiary/aromatic N) is 1. The molecular formula is C13H19BrClNO.